The quantitative estimate of drug-likeness (QED) is 0.762. The van der Waals surface area contributed by atoms with Crippen molar-refractivity contribution in [3.63, 3.8) is 0 Å². The van der Waals surface area contributed by atoms with Gasteiger partial charge in [0.25, 0.3) is 0 Å². The molecular formula is C22H26N2O5S. The zero-order valence-corrected chi connectivity index (χ0v) is 17.8. The van der Waals surface area contributed by atoms with Gasteiger partial charge in [0.2, 0.25) is 15.9 Å². The van der Waals surface area contributed by atoms with Crippen LogP contribution in [0.5, 0.6) is 11.5 Å². The van der Waals surface area contributed by atoms with Crippen LogP contribution in [0.2, 0.25) is 0 Å². The number of methoxy groups -OCH3 is 1. The normalized spacial score (nSPS) is 16.6. The molecule has 8 heteroatoms. The first kappa shape index (κ1) is 20.7. The highest BCUT2D eigenvalue weighted by molar-refractivity contribution is 7.89. The minimum atomic E-state index is -3.60. The molecule has 0 aliphatic carbocycles. The summed E-state index contributed by atoms with van der Waals surface area (Å²) in [7, 11) is -2.11. The van der Waals surface area contributed by atoms with Gasteiger partial charge >= 0.3 is 0 Å². The van der Waals surface area contributed by atoms with Crippen LogP contribution in [0, 0.1) is 0 Å². The summed E-state index contributed by atoms with van der Waals surface area (Å²) in [5.74, 6) is 1.06. The Bertz CT molecular complexity index is 1050. The third kappa shape index (κ3) is 4.29. The molecular weight excluding hydrogens is 404 g/mol. The average Bonchev–Trinajstić information content (AvgIpc) is 3.22. The van der Waals surface area contributed by atoms with Gasteiger partial charge in [-0.1, -0.05) is 18.6 Å². The Balaban J connectivity index is 1.52. The molecule has 0 radical (unpaired) electrons. The molecule has 2 heterocycles. The standard InChI is InChI=1S/C22H26N2O5S/c1-28-21-8-6-18(30(26,27)24-10-3-2-4-11-24)15-19(21)23-22(25)14-16-5-7-20-17(13-16)9-12-29-20/h5-8,13,15H,2-4,9-12,14H2,1H3,(H,23,25). The molecule has 1 saturated heterocycles. The minimum Gasteiger partial charge on any atom is -0.495 e. The first-order chi connectivity index (χ1) is 14.5. The van der Waals surface area contributed by atoms with E-state index in [-0.39, 0.29) is 17.2 Å². The summed E-state index contributed by atoms with van der Waals surface area (Å²) < 4.78 is 38.3. The van der Waals surface area contributed by atoms with E-state index in [1.807, 2.05) is 18.2 Å². The molecule has 2 aliphatic rings. The number of rotatable bonds is 6. The molecule has 1 amide bonds. The number of piperidine rings is 1. The number of amides is 1. The Morgan fingerprint density at radius 3 is 2.70 bits per heavy atom. The maximum absolute atomic E-state index is 13.0. The second-order valence-corrected chi connectivity index (χ2v) is 9.53. The Hall–Kier alpha value is -2.58. The molecule has 30 heavy (non-hydrogen) atoms. The largest absolute Gasteiger partial charge is 0.495 e. The molecule has 0 bridgehead atoms. The summed E-state index contributed by atoms with van der Waals surface area (Å²) in [5, 5.41) is 2.81. The lowest BCUT2D eigenvalue weighted by Gasteiger charge is -2.26. The molecule has 2 aromatic rings. The number of benzene rings is 2. The predicted octanol–water partition coefficient (Wildman–Crippen LogP) is 2.99. The van der Waals surface area contributed by atoms with Crippen LogP contribution in [0.15, 0.2) is 41.3 Å². The molecule has 160 valence electrons. The summed E-state index contributed by atoms with van der Waals surface area (Å²) in [6.45, 7) is 1.72. The van der Waals surface area contributed by atoms with Crippen molar-refractivity contribution < 1.29 is 22.7 Å². The van der Waals surface area contributed by atoms with E-state index < -0.39 is 10.0 Å². The molecule has 1 fully saturated rings. The molecule has 0 unspecified atom stereocenters. The fraction of sp³-hybridized carbons (Fsp3) is 0.409. The number of hydrogen-bond acceptors (Lipinski definition) is 5. The fourth-order valence-corrected chi connectivity index (χ4v) is 5.47. The van der Waals surface area contributed by atoms with Crippen LogP contribution in [0.3, 0.4) is 0 Å². The van der Waals surface area contributed by atoms with E-state index in [1.165, 1.54) is 23.5 Å². The lowest BCUT2D eigenvalue weighted by Crippen LogP contribution is -2.35. The van der Waals surface area contributed by atoms with Crippen molar-refractivity contribution in [1.29, 1.82) is 0 Å². The number of nitrogens with one attached hydrogen (secondary N) is 1. The van der Waals surface area contributed by atoms with Crippen molar-refractivity contribution >= 4 is 21.6 Å². The van der Waals surface area contributed by atoms with Gasteiger partial charge < -0.3 is 14.8 Å². The van der Waals surface area contributed by atoms with E-state index in [0.29, 0.717) is 31.1 Å². The van der Waals surface area contributed by atoms with E-state index >= 15 is 0 Å². The fourth-order valence-electron chi connectivity index (χ4n) is 3.93. The van der Waals surface area contributed by atoms with Crippen LogP contribution in [0.1, 0.15) is 30.4 Å². The third-order valence-corrected chi connectivity index (χ3v) is 7.41. The van der Waals surface area contributed by atoms with Gasteiger partial charge in [-0.2, -0.15) is 4.31 Å². The molecule has 2 aromatic carbocycles. The van der Waals surface area contributed by atoms with Crippen molar-refractivity contribution in [3.05, 3.63) is 47.5 Å². The summed E-state index contributed by atoms with van der Waals surface area (Å²) >= 11 is 0. The number of fused-ring (bicyclic) bond motifs is 1. The Morgan fingerprint density at radius 2 is 1.93 bits per heavy atom. The van der Waals surface area contributed by atoms with Gasteiger partial charge in [-0.3, -0.25) is 4.79 Å². The molecule has 0 atom stereocenters. The van der Waals surface area contributed by atoms with E-state index in [9.17, 15) is 13.2 Å². The monoisotopic (exact) mass is 430 g/mol. The zero-order chi connectivity index (χ0) is 21.1. The first-order valence-corrected chi connectivity index (χ1v) is 11.6. The summed E-state index contributed by atoms with van der Waals surface area (Å²) in [4.78, 5) is 12.8. The van der Waals surface area contributed by atoms with E-state index in [1.54, 1.807) is 6.07 Å². The number of anilines is 1. The Kier molecular flexibility index (Phi) is 5.97. The average molecular weight is 431 g/mol. The summed E-state index contributed by atoms with van der Waals surface area (Å²) in [5.41, 5.74) is 2.34. The summed E-state index contributed by atoms with van der Waals surface area (Å²) in [6, 6.07) is 10.3. The lowest BCUT2D eigenvalue weighted by molar-refractivity contribution is -0.115. The topological polar surface area (TPSA) is 84.9 Å². The van der Waals surface area contributed by atoms with Gasteiger partial charge in [0.1, 0.15) is 11.5 Å². The van der Waals surface area contributed by atoms with Crippen molar-refractivity contribution in [2.24, 2.45) is 0 Å². The maximum Gasteiger partial charge on any atom is 0.243 e. The Labute approximate surface area is 177 Å². The molecule has 7 nitrogen and oxygen atoms in total. The van der Waals surface area contributed by atoms with Crippen LogP contribution < -0.4 is 14.8 Å². The van der Waals surface area contributed by atoms with Crippen LogP contribution in [0.4, 0.5) is 5.69 Å². The molecule has 0 spiro atoms. The van der Waals surface area contributed by atoms with Crippen LogP contribution in [-0.2, 0) is 27.7 Å². The SMILES string of the molecule is COc1ccc(S(=O)(=O)N2CCCCC2)cc1NC(=O)Cc1ccc2c(c1)CCO2. The van der Waals surface area contributed by atoms with Gasteiger partial charge in [-0.25, -0.2) is 8.42 Å². The van der Waals surface area contributed by atoms with Crippen molar-refractivity contribution in [2.45, 2.75) is 37.0 Å². The number of hydrogen-bond donors (Lipinski definition) is 1. The van der Waals surface area contributed by atoms with Crippen LogP contribution in [0.25, 0.3) is 0 Å². The molecule has 0 saturated carbocycles. The van der Waals surface area contributed by atoms with E-state index in [4.69, 9.17) is 9.47 Å². The van der Waals surface area contributed by atoms with Crippen LogP contribution >= 0.6 is 0 Å². The number of carbonyl (C=O) groups is 1. The smallest absolute Gasteiger partial charge is 0.243 e. The van der Waals surface area contributed by atoms with Crippen molar-refractivity contribution in [2.75, 3.05) is 32.1 Å². The number of sulfonamides is 1. The van der Waals surface area contributed by atoms with Crippen LogP contribution in [-0.4, -0.2) is 45.4 Å². The Morgan fingerprint density at radius 1 is 1.13 bits per heavy atom. The number of nitrogens with zero attached hydrogens (tertiary/aromatic N) is 1. The van der Waals surface area contributed by atoms with Gasteiger partial charge in [0.05, 0.1) is 30.7 Å². The first-order valence-electron chi connectivity index (χ1n) is 10.2. The van der Waals surface area contributed by atoms with E-state index in [0.717, 1.165) is 42.6 Å². The van der Waals surface area contributed by atoms with E-state index in [2.05, 4.69) is 5.32 Å². The second-order valence-electron chi connectivity index (χ2n) is 7.59. The molecule has 2 aliphatic heterocycles. The van der Waals surface area contributed by atoms with Crippen molar-refractivity contribution in [3.8, 4) is 11.5 Å². The maximum atomic E-state index is 13.0. The van der Waals surface area contributed by atoms with Crippen molar-refractivity contribution in [1.82, 2.24) is 4.31 Å². The summed E-state index contributed by atoms with van der Waals surface area (Å²) in [6.07, 6.45) is 3.80. The van der Waals surface area contributed by atoms with Gasteiger partial charge in [-0.05, 0) is 48.2 Å². The minimum absolute atomic E-state index is 0.162. The van der Waals surface area contributed by atoms with Gasteiger partial charge in [0.15, 0.2) is 0 Å². The molecule has 4 rings (SSSR count). The second kappa shape index (κ2) is 8.65. The highest BCUT2D eigenvalue weighted by Crippen LogP contribution is 2.30. The lowest BCUT2D eigenvalue weighted by atomic mass is 10.1. The van der Waals surface area contributed by atoms with Gasteiger partial charge in [0, 0.05) is 19.5 Å². The highest BCUT2D eigenvalue weighted by atomic mass is 32.2. The highest BCUT2D eigenvalue weighted by Gasteiger charge is 2.27. The third-order valence-electron chi connectivity index (χ3n) is 5.52. The molecule has 1 N–H and O–H groups in total. The predicted molar refractivity (Wildman–Crippen MR) is 114 cm³/mol. The molecule has 0 aromatic heterocycles. The number of ether oxygens (including phenoxy) is 2. The van der Waals surface area contributed by atoms with Gasteiger partial charge in [-0.15, -0.1) is 0 Å². The number of carbonyl (C=O) groups excluding carboxylic acids is 1. The zero-order valence-electron chi connectivity index (χ0n) is 17.0.